The minimum Gasteiger partial charge on any atom is -0.467 e. The van der Waals surface area contributed by atoms with Crippen molar-refractivity contribution in [3.05, 3.63) is 96.1 Å². The molecule has 0 spiro atoms. The Kier molecular flexibility index (Phi) is 7.35. The molecule has 0 fully saturated rings. The summed E-state index contributed by atoms with van der Waals surface area (Å²) < 4.78 is 15.5. The van der Waals surface area contributed by atoms with Crippen LogP contribution in [0.3, 0.4) is 0 Å². The van der Waals surface area contributed by atoms with E-state index in [0.717, 1.165) is 27.3 Å². The van der Waals surface area contributed by atoms with Crippen LogP contribution >= 0.6 is 0 Å². The van der Waals surface area contributed by atoms with Gasteiger partial charge in [-0.2, -0.15) is 0 Å². The Hall–Kier alpha value is -4.65. The van der Waals surface area contributed by atoms with E-state index < -0.39 is 24.1 Å². The van der Waals surface area contributed by atoms with Gasteiger partial charge in [-0.1, -0.05) is 84.9 Å². The van der Waals surface area contributed by atoms with E-state index in [1.54, 1.807) is 0 Å². The fourth-order valence-corrected chi connectivity index (χ4v) is 4.71. The van der Waals surface area contributed by atoms with Crippen molar-refractivity contribution >= 4 is 50.3 Å². The molecule has 0 saturated heterocycles. The van der Waals surface area contributed by atoms with E-state index in [-0.39, 0.29) is 26.1 Å². The molecule has 192 valence electrons. The van der Waals surface area contributed by atoms with Crippen molar-refractivity contribution in [2.45, 2.75) is 32.1 Å². The second-order valence-electron chi connectivity index (χ2n) is 9.06. The first kappa shape index (κ1) is 25.0. The third-order valence-electron chi connectivity index (χ3n) is 6.64. The van der Waals surface area contributed by atoms with Crippen LogP contribution in [-0.4, -0.2) is 31.2 Å². The minimum absolute atomic E-state index is 0.0183. The number of nitrogens with one attached hydrogen (secondary N) is 1. The summed E-state index contributed by atoms with van der Waals surface area (Å²) >= 11 is 0. The van der Waals surface area contributed by atoms with Gasteiger partial charge in [0.05, 0.1) is 7.11 Å². The number of carbonyl (C=O) groups is 3. The molecule has 7 nitrogen and oxygen atoms in total. The van der Waals surface area contributed by atoms with Crippen LogP contribution in [0.15, 0.2) is 84.9 Å². The molecular weight excluding hydrogens is 482 g/mol. The highest BCUT2D eigenvalue weighted by Crippen LogP contribution is 2.36. The molecule has 0 heterocycles. The zero-order valence-electron chi connectivity index (χ0n) is 20.9. The van der Waals surface area contributed by atoms with Crippen molar-refractivity contribution in [3.63, 3.8) is 0 Å². The summed E-state index contributed by atoms with van der Waals surface area (Å²) in [5, 5.41) is 9.32. The van der Waals surface area contributed by atoms with Crippen molar-refractivity contribution in [2.24, 2.45) is 0 Å². The topological polar surface area (TPSA) is 90.9 Å². The predicted octanol–water partition coefficient (Wildman–Crippen LogP) is 5.88. The average molecular weight is 510 g/mol. The highest BCUT2D eigenvalue weighted by atomic mass is 16.6. The molecule has 0 saturated carbocycles. The Labute approximate surface area is 219 Å². The lowest BCUT2D eigenvalue weighted by atomic mass is 9.92. The van der Waals surface area contributed by atoms with Crippen LogP contribution in [-0.2, 0) is 37.0 Å². The molecule has 0 bridgehead atoms. The largest absolute Gasteiger partial charge is 0.467 e. The average Bonchev–Trinajstić information content (AvgIpc) is 2.96. The molecule has 0 aliphatic heterocycles. The fraction of sp³-hybridized carbons (Fsp3) is 0.194. The van der Waals surface area contributed by atoms with E-state index in [4.69, 9.17) is 14.2 Å². The van der Waals surface area contributed by atoms with Gasteiger partial charge in [-0.25, -0.2) is 9.59 Å². The van der Waals surface area contributed by atoms with Crippen LogP contribution in [0.4, 0.5) is 4.79 Å². The van der Waals surface area contributed by atoms with E-state index >= 15 is 0 Å². The van der Waals surface area contributed by atoms with Gasteiger partial charge in [0.2, 0.25) is 0 Å². The molecule has 5 aromatic carbocycles. The van der Waals surface area contributed by atoms with E-state index in [1.807, 2.05) is 48.5 Å². The molecule has 0 unspecified atom stereocenters. The van der Waals surface area contributed by atoms with Gasteiger partial charge in [0, 0.05) is 6.42 Å². The summed E-state index contributed by atoms with van der Waals surface area (Å²) in [5.41, 5.74) is 1.71. The van der Waals surface area contributed by atoms with E-state index in [1.165, 1.54) is 23.3 Å². The van der Waals surface area contributed by atoms with E-state index in [2.05, 4.69) is 41.7 Å². The van der Waals surface area contributed by atoms with Gasteiger partial charge in [-0.3, -0.25) is 4.79 Å². The van der Waals surface area contributed by atoms with Gasteiger partial charge in [0.25, 0.3) is 0 Å². The van der Waals surface area contributed by atoms with Gasteiger partial charge in [-0.05, 0) is 49.9 Å². The number of carbonyl (C=O) groups excluding carboxylic acids is 3. The lowest BCUT2D eigenvalue weighted by molar-refractivity contribution is -0.146. The number of methoxy groups -OCH3 is 1. The SMILES string of the molecule is COC(=O)[C@H](CCC(=O)OCc1ccc2ccc3cccc4ccc1c2c34)NC(=O)OCc1ccccc1. The summed E-state index contributed by atoms with van der Waals surface area (Å²) in [7, 11) is 1.22. The number of ether oxygens (including phenoxy) is 3. The maximum Gasteiger partial charge on any atom is 0.408 e. The lowest BCUT2D eigenvalue weighted by Crippen LogP contribution is -2.42. The van der Waals surface area contributed by atoms with Crippen LogP contribution in [0.25, 0.3) is 32.3 Å². The van der Waals surface area contributed by atoms with Crippen LogP contribution in [0.1, 0.15) is 24.0 Å². The second kappa shape index (κ2) is 11.2. The number of amides is 1. The van der Waals surface area contributed by atoms with Crippen molar-refractivity contribution in [3.8, 4) is 0 Å². The molecule has 7 heteroatoms. The van der Waals surface area contributed by atoms with Crippen molar-refractivity contribution < 1.29 is 28.6 Å². The summed E-state index contributed by atoms with van der Waals surface area (Å²) in [4.78, 5) is 37.0. The number of rotatable bonds is 9. The summed E-state index contributed by atoms with van der Waals surface area (Å²) in [5.74, 6) is -1.15. The Balaban J connectivity index is 1.20. The normalized spacial score (nSPS) is 11.9. The van der Waals surface area contributed by atoms with Crippen molar-refractivity contribution in [1.82, 2.24) is 5.32 Å². The van der Waals surface area contributed by atoms with Crippen LogP contribution in [0, 0.1) is 0 Å². The quantitative estimate of drug-likeness (QED) is 0.152. The van der Waals surface area contributed by atoms with Crippen molar-refractivity contribution in [1.29, 1.82) is 0 Å². The third kappa shape index (κ3) is 5.37. The number of esters is 2. The first-order valence-corrected chi connectivity index (χ1v) is 12.4. The zero-order valence-corrected chi connectivity index (χ0v) is 20.9. The molecular formula is C31H27NO6. The Bertz CT molecular complexity index is 1580. The molecule has 1 amide bonds. The van der Waals surface area contributed by atoms with Crippen molar-refractivity contribution in [2.75, 3.05) is 7.11 Å². The molecule has 0 radical (unpaired) electrons. The van der Waals surface area contributed by atoms with Crippen LogP contribution in [0.2, 0.25) is 0 Å². The standard InChI is InChI=1S/C31H27NO6/c1-36-30(34)26(32-31(35)38-18-20-6-3-2-4-7-20)16-17-27(33)37-19-24-13-12-23-11-10-21-8-5-9-22-14-15-25(24)29(23)28(21)22/h2-15,26H,16-19H2,1H3,(H,32,35)/t26-/m0/s1. The van der Waals surface area contributed by atoms with Gasteiger partial charge in [0.15, 0.2) is 0 Å². The Morgan fingerprint density at radius 2 is 1.42 bits per heavy atom. The maximum absolute atomic E-state index is 12.6. The smallest absolute Gasteiger partial charge is 0.408 e. The molecule has 1 atom stereocenters. The third-order valence-corrected chi connectivity index (χ3v) is 6.64. The molecule has 1 N–H and O–H groups in total. The van der Waals surface area contributed by atoms with Crippen LogP contribution in [0.5, 0.6) is 0 Å². The van der Waals surface area contributed by atoms with Crippen LogP contribution < -0.4 is 5.32 Å². The molecule has 38 heavy (non-hydrogen) atoms. The van der Waals surface area contributed by atoms with Gasteiger partial charge in [0.1, 0.15) is 19.3 Å². The van der Waals surface area contributed by atoms with E-state index in [0.29, 0.717) is 0 Å². The summed E-state index contributed by atoms with van der Waals surface area (Å²) in [6.45, 7) is 0.157. The minimum atomic E-state index is -1.04. The molecule has 0 aliphatic carbocycles. The Morgan fingerprint density at radius 3 is 2.16 bits per heavy atom. The van der Waals surface area contributed by atoms with Gasteiger partial charge < -0.3 is 19.5 Å². The number of alkyl carbamates (subject to hydrolysis) is 1. The number of benzene rings is 5. The predicted molar refractivity (Wildman–Crippen MR) is 145 cm³/mol. The zero-order chi connectivity index (χ0) is 26.5. The van der Waals surface area contributed by atoms with E-state index in [9.17, 15) is 14.4 Å². The Morgan fingerprint density at radius 1 is 0.737 bits per heavy atom. The second-order valence-corrected chi connectivity index (χ2v) is 9.06. The molecule has 5 aromatic rings. The highest BCUT2D eigenvalue weighted by Gasteiger charge is 2.24. The van der Waals surface area contributed by atoms with Gasteiger partial charge in [-0.15, -0.1) is 0 Å². The summed E-state index contributed by atoms with van der Waals surface area (Å²) in [6.07, 6.45) is -0.833. The first-order chi connectivity index (χ1) is 18.5. The number of hydrogen-bond donors (Lipinski definition) is 1. The monoisotopic (exact) mass is 509 g/mol. The molecule has 5 rings (SSSR count). The van der Waals surface area contributed by atoms with Gasteiger partial charge >= 0.3 is 18.0 Å². The molecule has 0 aliphatic rings. The first-order valence-electron chi connectivity index (χ1n) is 12.4. The lowest BCUT2D eigenvalue weighted by Gasteiger charge is -2.16. The molecule has 0 aromatic heterocycles. The fourth-order valence-electron chi connectivity index (χ4n) is 4.71. The highest BCUT2D eigenvalue weighted by molar-refractivity contribution is 6.23. The maximum atomic E-state index is 12.6. The number of hydrogen-bond acceptors (Lipinski definition) is 6. The summed E-state index contributed by atoms with van der Waals surface area (Å²) in [6, 6.07) is 26.7.